The third-order valence-electron chi connectivity index (χ3n) is 5.24. The molecular weight excluding hydrogens is 484 g/mol. The second kappa shape index (κ2) is 11.0. The molecule has 12 heteroatoms. The van der Waals surface area contributed by atoms with Gasteiger partial charge in [-0.1, -0.05) is 29.8 Å². The summed E-state index contributed by atoms with van der Waals surface area (Å²) in [6.45, 7) is 2.94. The molecule has 1 saturated heterocycles. The number of carbonyl (C=O) groups is 2. The number of benzene rings is 1. The van der Waals surface area contributed by atoms with E-state index in [2.05, 4.69) is 10.3 Å². The molecule has 0 aliphatic carbocycles. The molecular formula is C22H23ClN4O6S. The number of nitrogens with one attached hydrogen (secondary N) is 1. The fourth-order valence-electron chi connectivity index (χ4n) is 3.76. The minimum Gasteiger partial charge on any atom is -0.463 e. The van der Waals surface area contributed by atoms with Crippen LogP contribution in [0, 0.1) is 0 Å². The summed E-state index contributed by atoms with van der Waals surface area (Å²) in [5.74, 6) is -0.0623. The van der Waals surface area contributed by atoms with Crippen molar-refractivity contribution in [2.75, 3.05) is 32.9 Å². The number of nitrogens with zero attached hydrogens (tertiary/aromatic N) is 3. The van der Waals surface area contributed by atoms with Gasteiger partial charge in [-0.25, -0.2) is 14.6 Å². The van der Waals surface area contributed by atoms with E-state index in [1.54, 1.807) is 30.2 Å². The monoisotopic (exact) mass is 506 g/mol. The Morgan fingerprint density at radius 3 is 2.91 bits per heavy atom. The maximum atomic E-state index is 13.2. The molecule has 0 saturated carbocycles. The molecule has 2 N–H and O–H groups in total. The number of carbonyl (C=O) groups excluding carboxylic acids is 1. The zero-order valence-corrected chi connectivity index (χ0v) is 19.8. The molecule has 0 bridgehead atoms. The average molecular weight is 507 g/mol. The van der Waals surface area contributed by atoms with Crippen molar-refractivity contribution in [3.05, 3.63) is 62.7 Å². The summed E-state index contributed by atoms with van der Waals surface area (Å²) in [6.07, 6.45) is -0.571. The Balaban J connectivity index is 1.79. The van der Waals surface area contributed by atoms with Gasteiger partial charge >= 0.3 is 12.1 Å². The van der Waals surface area contributed by atoms with E-state index in [4.69, 9.17) is 35.9 Å². The Bertz CT molecular complexity index is 1110. The van der Waals surface area contributed by atoms with Crippen molar-refractivity contribution >= 4 is 40.9 Å². The average Bonchev–Trinajstić information content (AvgIpc) is 3.35. The highest BCUT2D eigenvalue weighted by Crippen LogP contribution is 2.36. The van der Waals surface area contributed by atoms with Gasteiger partial charge in [0.25, 0.3) is 0 Å². The summed E-state index contributed by atoms with van der Waals surface area (Å²) >= 11 is 7.90. The number of esters is 1. The third kappa shape index (κ3) is 5.39. The van der Waals surface area contributed by atoms with Gasteiger partial charge in [0.15, 0.2) is 17.1 Å². The Labute approximate surface area is 204 Å². The predicted molar refractivity (Wildman–Crippen MR) is 125 cm³/mol. The molecule has 3 heterocycles. The van der Waals surface area contributed by atoms with Gasteiger partial charge in [-0.3, -0.25) is 9.89 Å². The number of hydrogen-bond donors (Lipinski definition) is 2. The van der Waals surface area contributed by atoms with Crippen molar-refractivity contribution in [1.29, 1.82) is 0 Å². The molecule has 34 heavy (non-hydrogen) atoms. The van der Waals surface area contributed by atoms with Crippen LogP contribution in [0.15, 0.2) is 52.1 Å². The van der Waals surface area contributed by atoms with E-state index >= 15 is 0 Å². The van der Waals surface area contributed by atoms with E-state index < -0.39 is 24.4 Å². The molecule has 180 valence electrons. The first kappa shape index (κ1) is 24.1. The molecule has 0 unspecified atom stereocenters. The minimum absolute atomic E-state index is 0.0791. The van der Waals surface area contributed by atoms with Crippen LogP contribution in [0.25, 0.3) is 0 Å². The van der Waals surface area contributed by atoms with Crippen molar-refractivity contribution in [2.24, 2.45) is 4.99 Å². The maximum Gasteiger partial charge on any atom is 0.507 e. The number of aromatic nitrogens is 1. The summed E-state index contributed by atoms with van der Waals surface area (Å²) < 4.78 is 15.8. The number of amidine groups is 1. The molecule has 1 aromatic carbocycles. The van der Waals surface area contributed by atoms with Crippen molar-refractivity contribution in [1.82, 2.24) is 15.2 Å². The minimum atomic E-state index is -1.41. The molecule has 0 spiro atoms. The lowest BCUT2D eigenvalue weighted by Crippen LogP contribution is -2.50. The largest absolute Gasteiger partial charge is 0.507 e. The highest BCUT2D eigenvalue weighted by Gasteiger charge is 2.36. The highest BCUT2D eigenvalue weighted by atomic mass is 35.5. The molecule has 2 atom stereocenters. The number of ether oxygens (including phenoxy) is 3. The zero-order valence-electron chi connectivity index (χ0n) is 18.3. The van der Waals surface area contributed by atoms with E-state index in [9.17, 15) is 9.59 Å². The molecule has 1 aromatic heterocycles. The van der Waals surface area contributed by atoms with Crippen molar-refractivity contribution in [3.63, 3.8) is 0 Å². The lowest BCUT2D eigenvalue weighted by molar-refractivity contribution is -0.139. The number of carboxylic acid groups (broad SMARTS) is 1. The summed E-state index contributed by atoms with van der Waals surface area (Å²) in [5, 5.41) is 15.3. The van der Waals surface area contributed by atoms with Crippen LogP contribution in [0.1, 0.15) is 23.5 Å². The highest BCUT2D eigenvalue weighted by molar-refractivity contribution is 7.11. The summed E-state index contributed by atoms with van der Waals surface area (Å²) in [5.41, 5.74) is 1.43. The standard InChI is InChI=1S/C22H23ClN4O6S/c1-2-32-21(28)17-15(11-27-8-9-31-12-16(27)33-22(29)30)25-19(20-24-7-10-34-20)26-18(17)13-5-3-4-6-14(13)23/h3-7,10,16,18H,2,8-9,11-12H2,1H3,(H,25,26)(H,29,30)/t16-,18-/m0/s1. The van der Waals surface area contributed by atoms with Gasteiger partial charge in [0.2, 0.25) is 0 Å². The molecule has 2 aliphatic heterocycles. The van der Waals surface area contributed by atoms with E-state index in [-0.39, 0.29) is 25.3 Å². The molecule has 4 rings (SSSR count). The van der Waals surface area contributed by atoms with Gasteiger partial charge < -0.3 is 24.6 Å². The van der Waals surface area contributed by atoms with Crippen molar-refractivity contribution < 1.29 is 28.9 Å². The van der Waals surface area contributed by atoms with Crippen molar-refractivity contribution in [3.8, 4) is 0 Å². The molecule has 1 fully saturated rings. The second-order valence-corrected chi connectivity index (χ2v) is 8.66. The second-order valence-electron chi connectivity index (χ2n) is 7.36. The SMILES string of the molecule is CCOC(=O)C1=C(CN2CCOC[C@@H]2OC(=O)O)NC(c2nccs2)=N[C@H]1c1ccccc1Cl. The third-order valence-corrected chi connectivity index (χ3v) is 6.37. The molecule has 2 aliphatic rings. The van der Waals surface area contributed by atoms with Crippen LogP contribution in [0.5, 0.6) is 0 Å². The van der Waals surface area contributed by atoms with Crippen molar-refractivity contribution in [2.45, 2.75) is 19.2 Å². The number of aliphatic imine (C=N–C) groups is 1. The Morgan fingerprint density at radius 1 is 1.38 bits per heavy atom. The van der Waals surface area contributed by atoms with Crippen LogP contribution in [0.4, 0.5) is 4.79 Å². The van der Waals surface area contributed by atoms with Crippen LogP contribution in [-0.2, 0) is 19.0 Å². The van der Waals surface area contributed by atoms with E-state index in [1.807, 2.05) is 17.5 Å². The molecule has 0 amide bonds. The van der Waals surface area contributed by atoms with E-state index in [0.717, 1.165) is 0 Å². The number of rotatable bonds is 7. The summed E-state index contributed by atoms with van der Waals surface area (Å²) in [6, 6.07) is 6.42. The molecule has 0 radical (unpaired) electrons. The van der Waals surface area contributed by atoms with Crippen LogP contribution < -0.4 is 5.32 Å². The van der Waals surface area contributed by atoms with Crippen LogP contribution in [0.3, 0.4) is 0 Å². The Morgan fingerprint density at radius 2 is 2.21 bits per heavy atom. The topological polar surface area (TPSA) is 123 Å². The Kier molecular flexibility index (Phi) is 7.78. The van der Waals surface area contributed by atoms with Gasteiger partial charge in [0.05, 0.1) is 25.4 Å². The predicted octanol–water partition coefficient (Wildman–Crippen LogP) is 3.06. The normalized spacial score (nSPS) is 20.9. The zero-order chi connectivity index (χ0) is 24.1. The first-order valence-electron chi connectivity index (χ1n) is 10.6. The first-order valence-corrected chi connectivity index (χ1v) is 11.8. The van der Waals surface area contributed by atoms with Crippen LogP contribution >= 0.6 is 22.9 Å². The van der Waals surface area contributed by atoms with Crippen LogP contribution in [0.2, 0.25) is 5.02 Å². The quantitative estimate of drug-likeness (QED) is 0.545. The van der Waals surface area contributed by atoms with Gasteiger partial charge in [-0.05, 0) is 13.0 Å². The Hall–Kier alpha value is -2.99. The summed E-state index contributed by atoms with van der Waals surface area (Å²) in [7, 11) is 0. The fraction of sp³-hybridized carbons (Fsp3) is 0.364. The van der Waals surface area contributed by atoms with E-state index in [1.165, 1.54) is 11.3 Å². The summed E-state index contributed by atoms with van der Waals surface area (Å²) in [4.78, 5) is 35.3. The van der Waals surface area contributed by atoms with E-state index in [0.29, 0.717) is 40.3 Å². The molecule has 10 nitrogen and oxygen atoms in total. The van der Waals surface area contributed by atoms with Gasteiger partial charge in [0, 0.05) is 40.9 Å². The number of halogens is 1. The first-order chi connectivity index (χ1) is 16.5. The lowest BCUT2D eigenvalue weighted by Gasteiger charge is -2.36. The number of morpholine rings is 1. The van der Waals surface area contributed by atoms with Gasteiger partial charge in [-0.2, -0.15) is 0 Å². The van der Waals surface area contributed by atoms with Crippen LogP contribution in [-0.4, -0.2) is 72.1 Å². The maximum absolute atomic E-state index is 13.2. The fourth-order valence-corrected chi connectivity index (χ4v) is 4.59. The molecule has 2 aromatic rings. The lowest BCUT2D eigenvalue weighted by atomic mass is 9.95. The number of thiazole rings is 1. The smallest absolute Gasteiger partial charge is 0.463 e. The van der Waals surface area contributed by atoms with Gasteiger partial charge in [-0.15, -0.1) is 11.3 Å². The van der Waals surface area contributed by atoms with Gasteiger partial charge in [0.1, 0.15) is 6.04 Å². The number of hydrogen-bond acceptors (Lipinski definition) is 10.